The van der Waals surface area contributed by atoms with Crippen LogP contribution < -0.4 is 5.32 Å². The monoisotopic (exact) mass is 170 g/mol. The minimum atomic E-state index is -0.741. The Hall–Kier alpha value is -1.16. The van der Waals surface area contributed by atoms with Crippen molar-refractivity contribution in [2.45, 2.75) is 19.6 Å². The number of hydrogen-bond acceptors (Lipinski definition) is 3. The SMILES string of the molecule is CCC(O)Nc1ncccc1F. The highest BCUT2D eigenvalue weighted by Gasteiger charge is 2.05. The molecule has 0 bridgehead atoms. The van der Waals surface area contributed by atoms with Crippen molar-refractivity contribution in [3.63, 3.8) is 0 Å². The van der Waals surface area contributed by atoms with E-state index in [2.05, 4.69) is 10.3 Å². The van der Waals surface area contributed by atoms with Crippen LogP contribution in [0.1, 0.15) is 13.3 Å². The highest BCUT2D eigenvalue weighted by Crippen LogP contribution is 2.09. The first kappa shape index (κ1) is 8.93. The second kappa shape index (κ2) is 4.01. The summed E-state index contributed by atoms with van der Waals surface area (Å²) in [7, 11) is 0. The van der Waals surface area contributed by atoms with Crippen molar-refractivity contribution >= 4 is 5.82 Å². The van der Waals surface area contributed by atoms with Crippen LogP contribution in [0, 0.1) is 5.82 Å². The number of nitrogens with one attached hydrogen (secondary N) is 1. The molecular formula is C8H11FN2O. The van der Waals surface area contributed by atoms with Crippen molar-refractivity contribution in [1.82, 2.24) is 4.98 Å². The van der Waals surface area contributed by atoms with Crippen LogP contribution in [-0.4, -0.2) is 16.3 Å². The summed E-state index contributed by atoms with van der Waals surface area (Å²) >= 11 is 0. The average molecular weight is 170 g/mol. The molecule has 4 heteroatoms. The van der Waals surface area contributed by atoms with Gasteiger partial charge < -0.3 is 10.4 Å². The van der Waals surface area contributed by atoms with Gasteiger partial charge in [-0.15, -0.1) is 0 Å². The van der Waals surface area contributed by atoms with Crippen molar-refractivity contribution < 1.29 is 9.50 Å². The van der Waals surface area contributed by atoms with Crippen LogP contribution in [-0.2, 0) is 0 Å². The number of pyridine rings is 1. The zero-order valence-electron chi connectivity index (χ0n) is 6.79. The molecule has 1 atom stereocenters. The van der Waals surface area contributed by atoms with Gasteiger partial charge in [0.2, 0.25) is 0 Å². The van der Waals surface area contributed by atoms with Crippen LogP contribution in [0.25, 0.3) is 0 Å². The third-order valence-electron chi connectivity index (χ3n) is 1.45. The van der Waals surface area contributed by atoms with E-state index in [1.807, 2.05) is 0 Å². The first-order valence-corrected chi connectivity index (χ1v) is 3.79. The van der Waals surface area contributed by atoms with Gasteiger partial charge in [-0.1, -0.05) is 6.92 Å². The molecule has 66 valence electrons. The largest absolute Gasteiger partial charge is 0.374 e. The fraction of sp³-hybridized carbons (Fsp3) is 0.375. The summed E-state index contributed by atoms with van der Waals surface area (Å²) in [5.41, 5.74) is 0. The normalized spacial score (nSPS) is 12.6. The standard InChI is InChI=1S/C8H11FN2O/c1-2-7(12)11-8-6(9)4-3-5-10-8/h3-5,7,12H,2H2,1H3,(H,10,11). The van der Waals surface area contributed by atoms with E-state index >= 15 is 0 Å². The van der Waals surface area contributed by atoms with E-state index in [-0.39, 0.29) is 5.82 Å². The molecule has 0 aliphatic rings. The lowest BCUT2D eigenvalue weighted by atomic mass is 10.4. The summed E-state index contributed by atoms with van der Waals surface area (Å²) in [4.78, 5) is 3.72. The molecule has 1 aromatic rings. The molecule has 0 amide bonds. The molecule has 0 aliphatic heterocycles. The number of nitrogens with zero attached hydrogens (tertiary/aromatic N) is 1. The van der Waals surface area contributed by atoms with Crippen molar-refractivity contribution in [3.8, 4) is 0 Å². The molecule has 0 aliphatic carbocycles. The van der Waals surface area contributed by atoms with E-state index in [1.54, 1.807) is 6.92 Å². The summed E-state index contributed by atoms with van der Waals surface area (Å²) in [5, 5.41) is 11.6. The van der Waals surface area contributed by atoms with Crippen LogP contribution >= 0.6 is 0 Å². The van der Waals surface area contributed by atoms with Crippen LogP contribution in [0.15, 0.2) is 18.3 Å². The van der Waals surface area contributed by atoms with E-state index in [4.69, 9.17) is 5.11 Å². The van der Waals surface area contributed by atoms with E-state index in [9.17, 15) is 4.39 Å². The number of hydrogen-bond donors (Lipinski definition) is 2. The van der Waals surface area contributed by atoms with E-state index < -0.39 is 12.0 Å². The number of aliphatic hydroxyl groups is 1. The predicted octanol–water partition coefficient (Wildman–Crippen LogP) is 1.36. The molecule has 0 saturated heterocycles. The third-order valence-corrected chi connectivity index (χ3v) is 1.45. The zero-order valence-corrected chi connectivity index (χ0v) is 6.79. The van der Waals surface area contributed by atoms with Gasteiger partial charge in [-0.2, -0.15) is 0 Å². The number of aliphatic hydroxyl groups excluding tert-OH is 1. The summed E-state index contributed by atoms with van der Waals surface area (Å²) in [6, 6.07) is 2.79. The topological polar surface area (TPSA) is 45.1 Å². The molecule has 0 fully saturated rings. The van der Waals surface area contributed by atoms with Gasteiger partial charge in [0, 0.05) is 6.20 Å². The van der Waals surface area contributed by atoms with Crippen molar-refractivity contribution in [1.29, 1.82) is 0 Å². The van der Waals surface area contributed by atoms with E-state index in [0.29, 0.717) is 6.42 Å². The average Bonchev–Trinajstić information content (AvgIpc) is 2.09. The second-order valence-corrected chi connectivity index (χ2v) is 2.40. The number of halogens is 1. The Balaban J connectivity index is 2.69. The van der Waals surface area contributed by atoms with Crippen molar-refractivity contribution in [3.05, 3.63) is 24.1 Å². The maximum absolute atomic E-state index is 12.9. The third kappa shape index (κ3) is 2.17. The Kier molecular flexibility index (Phi) is 2.99. The van der Waals surface area contributed by atoms with Gasteiger partial charge in [0.25, 0.3) is 0 Å². The Morgan fingerprint density at radius 1 is 1.75 bits per heavy atom. The van der Waals surface area contributed by atoms with Gasteiger partial charge in [0.15, 0.2) is 11.6 Å². The first-order chi connectivity index (χ1) is 5.74. The number of anilines is 1. The smallest absolute Gasteiger partial charge is 0.165 e. The molecule has 1 aromatic heterocycles. The summed E-state index contributed by atoms with van der Waals surface area (Å²) in [6.45, 7) is 1.79. The highest BCUT2D eigenvalue weighted by atomic mass is 19.1. The molecule has 0 radical (unpaired) electrons. The fourth-order valence-electron chi connectivity index (χ4n) is 0.752. The maximum Gasteiger partial charge on any atom is 0.165 e. The Bertz CT molecular complexity index is 255. The minimum Gasteiger partial charge on any atom is -0.374 e. The van der Waals surface area contributed by atoms with E-state index in [0.717, 1.165) is 0 Å². The molecular weight excluding hydrogens is 159 g/mol. The maximum atomic E-state index is 12.9. The summed E-state index contributed by atoms with van der Waals surface area (Å²) in [5.74, 6) is -0.364. The van der Waals surface area contributed by atoms with Gasteiger partial charge in [-0.3, -0.25) is 0 Å². The molecule has 1 unspecified atom stereocenters. The van der Waals surface area contributed by atoms with Gasteiger partial charge >= 0.3 is 0 Å². The molecule has 0 saturated carbocycles. The quantitative estimate of drug-likeness (QED) is 0.673. The lowest BCUT2D eigenvalue weighted by Gasteiger charge is -2.10. The van der Waals surface area contributed by atoms with Crippen LogP contribution in [0.2, 0.25) is 0 Å². The molecule has 0 aromatic carbocycles. The number of aromatic nitrogens is 1. The van der Waals surface area contributed by atoms with Crippen molar-refractivity contribution in [2.24, 2.45) is 0 Å². The lowest BCUT2D eigenvalue weighted by Crippen LogP contribution is -2.18. The first-order valence-electron chi connectivity index (χ1n) is 3.79. The Morgan fingerprint density at radius 3 is 3.08 bits per heavy atom. The van der Waals surface area contributed by atoms with Gasteiger partial charge in [0.1, 0.15) is 6.23 Å². The van der Waals surface area contributed by atoms with Gasteiger partial charge in [-0.05, 0) is 18.6 Å². The zero-order chi connectivity index (χ0) is 8.97. The van der Waals surface area contributed by atoms with Gasteiger partial charge in [-0.25, -0.2) is 9.37 Å². The van der Waals surface area contributed by atoms with Gasteiger partial charge in [0.05, 0.1) is 0 Å². The summed E-state index contributed by atoms with van der Waals surface area (Å²) in [6.07, 6.45) is 1.23. The molecule has 1 rings (SSSR count). The summed E-state index contributed by atoms with van der Waals surface area (Å²) < 4.78 is 12.9. The molecule has 2 N–H and O–H groups in total. The Morgan fingerprint density at radius 2 is 2.50 bits per heavy atom. The van der Waals surface area contributed by atoms with E-state index in [1.165, 1.54) is 18.3 Å². The molecule has 0 spiro atoms. The second-order valence-electron chi connectivity index (χ2n) is 2.40. The fourth-order valence-corrected chi connectivity index (χ4v) is 0.752. The lowest BCUT2D eigenvalue weighted by molar-refractivity contribution is 0.198. The van der Waals surface area contributed by atoms with Crippen LogP contribution in [0.4, 0.5) is 10.2 Å². The minimum absolute atomic E-state index is 0.0897. The van der Waals surface area contributed by atoms with Crippen LogP contribution in [0.5, 0.6) is 0 Å². The molecule has 12 heavy (non-hydrogen) atoms. The molecule has 3 nitrogen and oxygen atoms in total. The highest BCUT2D eigenvalue weighted by molar-refractivity contribution is 5.35. The predicted molar refractivity (Wildman–Crippen MR) is 44.1 cm³/mol. The Labute approximate surface area is 70.3 Å². The van der Waals surface area contributed by atoms with Crippen molar-refractivity contribution in [2.75, 3.05) is 5.32 Å². The number of rotatable bonds is 3. The van der Waals surface area contributed by atoms with Crippen LogP contribution in [0.3, 0.4) is 0 Å². The molecule has 1 heterocycles.